The number of amides is 2. The average Bonchev–Trinajstić information content (AvgIpc) is 3.33. The molecule has 124 valence electrons. The molecule has 1 N–H and O–H groups in total. The number of carbonyl (C=O) groups is 2. The van der Waals surface area contributed by atoms with Crippen LogP contribution in [0.4, 0.5) is 11.5 Å². The maximum absolute atomic E-state index is 12.8. The van der Waals surface area contributed by atoms with Crippen molar-refractivity contribution in [3.63, 3.8) is 0 Å². The van der Waals surface area contributed by atoms with Crippen LogP contribution in [0.25, 0.3) is 11.2 Å². The minimum absolute atomic E-state index is 0.140. The van der Waals surface area contributed by atoms with E-state index in [1.54, 1.807) is 18.5 Å². The standard InChI is InChI=1S/C17H14N6O2/c24-16-11-6-22(15-13-14(19-8-18-13)20-9-21-15)7-12(11)17(25)23(16)10-4-2-1-3-5-10/h1-5,8-9,11-12H,6-7H2,(H,18,19,20,21). The van der Waals surface area contributed by atoms with Gasteiger partial charge in [0.15, 0.2) is 11.5 Å². The topological polar surface area (TPSA) is 95.1 Å². The lowest BCUT2D eigenvalue weighted by Gasteiger charge is -2.21. The van der Waals surface area contributed by atoms with Gasteiger partial charge in [-0.05, 0) is 12.1 Å². The van der Waals surface area contributed by atoms with E-state index in [-0.39, 0.29) is 23.7 Å². The molecule has 0 saturated carbocycles. The number of hydrogen-bond donors (Lipinski definition) is 1. The van der Waals surface area contributed by atoms with E-state index in [2.05, 4.69) is 19.9 Å². The Hall–Kier alpha value is -3.29. The highest BCUT2D eigenvalue weighted by Crippen LogP contribution is 2.38. The summed E-state index contributed by atoms with van der Waals surface area (Å²) >= 11 is 0. The number of nitrogens with zero attached hydrogens (tertiary/aromatic N) is 5. The van der Waals surface area contributed by atoms with E-state index in [1.807, 2.05) is 23.1 Å². The molecular formula is C17H14N6O2. The number of hydrogen-bond acceptors (Lipinski definition) is 6. The first-order valence-corrected chi connectivity index (χ1v) is 8.06. The Bertz CT molecular complexity index is 961. The lowest BCUT2D eigenvalue weighted by molar-refractivity contribution is -0.122. The number of carbonyl (C=O) groups excluding carboxylic acids is 2. The maximum atomic E-state index is 12.8. The van der Waals surface area contributed by atoms with Crippen molar-refractivity contribution in [2.24, 2.45) is 11.8 Å². The van der Waals surface area contributed by atoms with Crippen molar-refractivity contribution in [1.29, 1.82) is 0 Å². The fraction of sp³-hybridized carbons (Fsp3) is 0.235. The Morgan fingerprint density at radius 3 is 2.40 bits per heavy atom. The van der Waals surface area contributed by atoms with Crippen LogP contribution in [0.1, 0.15) is 0 Å². The maximum Gasteiger partial charge on any atom is 0.239 e. The number of nitrogens with one attached hydrogen (secondary N) is 1. The Kier molecular flexibility index (Phi) is 2.87. The third-order valence-corrected chi connectivity index (χ3v) is 4.91. The molecule has 2 atom stereocenters. The molecule has 2 aliphatic rings. The second kappa shape index (κ2) is 5.10. The van der Waals surface area contributed by atoms with Crippen molar-refractivity contribution < 1.29 is 9.59 Å². The molecule has 5 rings (SSSR count). The predicted octanol–water partition coefficient (Wildman–Crippen LogP) is 0.979. The zero-order valence-corrected chi connectivity index (χ0v) is 13.2. The molecule has 0 aliphatic carbocycles. The Morgan fingerprint density at radius 2 is 1.68 bits per heavy atom. The molecule has 0 radical (unpaired) electrons. The molecule has 0 spiro atoms. The molecule has 3 aromatic rings. The summed E-state index contributed by atoms with van der Waals surface area (Å²) in [6.07, 6.45) is 3.01. The number of aromatic amines is 1. The second-order valence-electron chi connectivity index (χ2n) is 6.26. The van der Waals surface area contributed by atoms with Crippen LogP contribution in [0.3, 0.4) is 0 Å². The molecule has 1 aromatic carbocycles. The summed E-state index contributed by atoms with van der Waals surface area (Å²) in [7, 11) is 0. The van der Waals surface area contributed by atoms with E-state index in [9.17, 15) is 9.59 Å². The summed E-state index contributed by atoms with van der Waals surface area (Å²) in [6, 6.07) is 9.08. The summed E-state index contributed by atoms with van der Waals surface area (Å²) in [5, 5.41) is 0. The summed E-state index contributed by atoms with van der Waals surface area (Å²) in [5.74, 6) is -0.290. The molecule has 2 fully saturated rings. The van der Waals surface area contributed by atoms with E-state index in [0.717, 1.165) is 5.52 Å². The summed E-state index contributed by atoms with van der Waals surface area (Å²) in [5.41, 5.74) is 1.93. The van der Waals surface area contributed by atoms with Gasteiger partial charge >= 0.3 is 0 Å². The molecule has 2 aliphatic heterocycles. The molecule has 8 nitrogen and oxygen atoms in total. The minimum Gasteiger partial charge on any atom is -0.353 e. The van der Waals surface area contributed by atoms with Crippen molar-refractivity contribution in [2.45, 2.75) is 0 Å². The van der Waals surface area contributed by atoms with Crippen LogP contribution >= 0.6 is 0 Å². The van der Waals surface area contributed by atoms with E-state index in [0.29, 0.717) is 30.2 Å². The van der Waals surface area contributed by atoms with E-state index in [4.69, 9.17) is 0 Å². The van der Waals surface area contributed by atoms with Gasteiger partial charge in [0.2, 0.25) is 11.8 Å². The van der Waals surface area contributed by atoms with Gasteiger partial charge in [-0.2, -0.15) is 0 Å². The number of aromatic nitrogens is 4. The third-order valence-electron chi connectivity index (χ3n) is 4.91. The zero-order valence-electron chi connectivity index (χ0n) is 13.2. The zero-order chi connectivity index (χ0) is 17.0. The highest BCUT2D eigenvalue weighted by Gasteiger charge is 2.53. The first kappa shape index (κ1) is 14.1. The van der Waals surface area contributed by atoms with Crippen LogP contribution < -0.4 is 9.80 Å². The quantitative estimate of drug-likeness (QED) is 0.702. The molecule has 2 unspecified atom stereocenters. The number of fused-ring (bicyclic) bond motifs is 2. The van der Waals surface area contributed by atoms with Crippen molar-refractivity contribution in [3.8, 4) is 0 Å². The van der Waals surface area contributed by atoms with Gasteiger partial charge in [-0.15, -0.1) is 0 Å². The van der Waals surface area contributed by atoms with Crippen molar-refractivity contribution in [2.75, 3.05) is 22.9 Å². The summed E-state index contributed by atoms with van der Waals surface area (Å²) < 4.78 is 0. The molecule has 0 bridgehead atoms. The van der Waals surface area contributed by atoms with E-state index < -0.39 is 0 Å². The fourth-order valence-corrected chi connectivity index (χ4v) is 3.74. The van der Waals surface area contributed by atoms with Gasteiger partial charge < -0.3 is 9.88 Å². The van der Waals surface area contributed by atoms with Gasteiger partial charge in [-0.1, -0.05) is 18.2 Å². The highest BCUT2D eigenvalue weighted by atomic mass is 16.2. The van der Waals surface area contributed by atoms with Crippen LogP contribution in [-0.4, -0.2) is 44.8 Å². The lowest BCUT2D eigenvalue weighted by atomic mass is 10.00. The summed E-state index contributed by atoms with van der Waals surface area (Å²) in [4.78, 5) is 44.5. The first-order valence-electron chi connectivity index (χ1n) is 8.06. The Morgan fingerprint density at radius 1 is 0.960 bits per heavy atom. The van der Waals surface area contributed by atoms with Crippen molar-refractivity contribution in [3.05, 3.63) is 43.0 Å². The number of para-hydroxylation sites is 1. The van der Waals surface area contributed by atoms with Crippen molar-refractivity contribution in [1.82, 2.24) is 19.9 Å². The van der Waals surface area contributed by atoms with Gasteiger partial charge in [-0.3, -0.25) is 9.59 Å². The molecule has 2 amide bonds. The normalized spacial score (nSPS) is 22.9. The number of benzene rings is 1. The van der Waals surface area contributed by atoms with Crippen LogP contribution in [0.2, 0.25) is 0 Å². The third kappa shape index (κ3) is 1.97. The number of imide groups is 1. The van der Waals surface area contributed by atoms with Gasteiger partial charge in [0, 0.05) is 13.1 Å². The Labute approximate surface area is 142 Å². The van der Waals surface area contributed by atoms with Crippen LogP contribution in [0, 0.1) is 11.8 Å². The smallest absolute Gasteiger partial charge is 0.239 e. The van der Waals surface area contributed by atoms with Gasteiger partial charge in [0.1, 0.15) is 11.8 Å². The lowest BCUT2D eigenvalue weighted by Crippen LogP contribution is -2.36. The van der Waals surface area contributed by atoms with E-state index >= 15 is 0 Å². The van der Waals surface area contributed by atoms with Crippen LogP contribution in [-0.2, 0) is 9.59 Å². The van der Waals surface area contributed by atoms with Crippen molar-refractivity contribution >= 4 is 34.5 Å². The highest BCUT2D eigenvalue weighted by molar-refractivity contribution is 6.22. The molecule has 25 heavy (non-hydrogen) atoms. The van der Waals surface area contributed by atoms with Gasteiger partial charge in [0.25, 0.3) is 0 Å². The number of imidazole rings is 1. The average molecular weight is 334 g/mol. The Balaban J connectivity index is 1.47. The summed E-state index contributed by atoms with van der Waals surface area (Å²) in [6.45, 7) is 0.924. The van der Waals surface area contributed by atoms with Gasteiger partial charge in [-0.25, -0.2) is 19.9 Å². The molecule has 2 saturated heterocycles. The second-order valence-corrected chi connectivity index (χ2v) is 6.26. The minimum atomic E-state index is -0.347. The van der Waals surface area contributed by atoms with Gasteiger partial charge in [0.05, 0.1) is 23.9 Å². The SMILES string of the molecule is O=C1C2CN(c3ncnc4nc[nH]c34)CC2C(=O)N1c1ccccc1. The van der Waals surface area contributed by atoms with Crippen LogP contribution in [0.15, 0.2) is 43.0 Å². The first-order chi connectivity index (χ1) is 12.2. The largest absolute Gasteiger partial charge is 0.353 e. The number of H-pyrrole nitrogens is 1. The molecular weight excluding hydrogens is 320 g/mol. The molecule has 4 heterocycles. The fourth-order valence-electron chi connectivity index (χ4n) is 3.74. The molecule has 8 heteroatoms. The molecule has 2 aromatic heterocycles. The van der Waals surface area contributed by atoms with E-state index in [1.165, 1.54) is 11.2 Å². The number of anilines is 2. The van der Waals surface area contributed by atoms with Crippen LogP contribution in [0.5, 0.6) is 0 Å². The number of rotatable bonds is 2. The monoisotopic (exact) mass is 334 g/mol. The predicted molar refractivity (Wildman–Crippen MR) is 89.8 cm³/mol.